The highest BCUT2D eigenvalue weighted by atomic mass is 13.3. The fourth-order valence-electron chi connectivity index (χ4n) is 3.21. The lowest BCUT2D eigenvalue weighted by molar-refractivity contribution is 3.30. The Morgan fingerprint density at radius 3 is 0.870 bits per heavy atom. The van der Waals surface area contributed by atoms with Crippen LogP contribution in [-0.4, -0.2) is 164 Å². The molecule has 0 aromatic heterocycles. The van der Waals surface area contributed by atoms with Gasteiger partial charge in [-0.15, -0.1) is 0 Å². The number of hydrogen-bond donors (Lipinski definition) is 0. The minimum Gasteiger partial charge on any atom is -0.690 e. The lowest BCUT2D eigenvalue weighted by Crippen LogP contribution is -2.83. The van der Waals surface area contributed by atoms with Crippen LogP contribution in [-0.2, 0) is 0 Å². The lowest BCUT2D eigenvalue weighted by atomic mass is 8.36. The van der Waals surface area contributed by atoms with Crippen LogP contribution >= 0.6 is 0 Å². The molecule has 26 radical (unpaired) electrons. The van der Waals surface area contributed by atoms with Crippen LogP contribution in [0.1, 0.15) is 0 Å². The highest BCUT2D eigenvalue weighted by Crippen LogP contribution is 2.09. The van der Waals surface area contributed by atoms with Gasteiger partial charge in [-0.25, -0.2) is 0 Å². The highest BCUT2D eigenvalue weighted by molar-refractivity contribution is 8.22. The molecule has 0 heterocycles. The van der Waals surface area contributed by atoms with E-state index in [1.54, 1.807) is 0 Å². The summed E-state index contributed by atoms with van der Waals surface area (Å²) in [4.78, 5) is 0. The second-order valence-corrected chi connectivity index (χ2v) is 5.97. The molecular weight excluding hydrogens is 249 g/mol. The van der Waals surface area contributed by atoms with E-state index in [1.165, 1.54) is 7.06 Å². The largest absolute Gasteiger partial charge is 0.690 e. The lowest BCUT2D eigenvalue weighted by Gasteiger charge is -2.46. The molecule has 0 spiro atoms. The summed E-state index contributed by atoms with van der Waals surface area (Å²) < 4.78 is 0. The van der Waals surface area contributed by atoms with E-state index in [0.29, 0.717) is 0 Å². The smallest absolute Gasteiger partial charge is 0.0000000000473 e. The zero-order valence-corrected chi connectivity index (χ0v) is 13.3. The van der Waals surface area contributed by atoms with Crippen LogP contribution in [0, 0.1) is 0 Å². The first-order chi connectivity index (χ1) is 10.5. The van der Waals surface area contributed by atoms with E-state index >= 15 is 0 Å². The molecule has 0 amide bonds. The van der Waals surface area contributed by atoms with Crippen LogP contribution in [0.25, 0.3) is 0 Å². The number of rotatable bonds is 10. The topological polar surface area (TPSA) is 0 Å². The molecule has 0 aromatic rings. The van der Waals surface area contributed by atoms with Gasteiger partial charge in [-0.3, -0.25) is 7.06 Å². The second-order valence-electron chi connectivity index (χ2n) is 5.97. The van der Waals surface area contributed by atoms with Crippen LogP contribution in [0.15, 0.2) is 0 Å². The predicted molar refractivity (Wildman–Crippen MR) is 132 cm³/mol. The first-order valence-corrected chi connectivity index (χ1v) is 7.33. The molecule has 0 aromatic carbocycles. The first-order valence-electron chi connectivity index (χ1n) is 7.33. The molecule has 0 saturated heterocycles. The fourth-order valence-corrected chi connectivity index (χ4v) is 3.21. The summed E-state index contributed by atoms with van der Waals surface area (Å²) in [5.74, 6) is 0. The second kappa shape index (κ2) is 11.3. The van der Waals surface area contributed by atoms with Crippen molar-refractivity contribution < 1.29 is 0 Å². The minimum atomic E-state index is -0.925. The van der Waals surface area contributed by atoms with Crippen molar-refractivity contribution in [2.24, 2.45) is 0 Å². The maximum absolute atomic E-state index is 6.03. The van der Waals surface area contributed by atoms with Crippen molar-refractivity contribution in [3.05, 3.63) is 0 Å². The summed E-state index contributed by atoms with van der Waals surface area (Å²) in [5, 5.41) is 0. The molecule has 23 heavy (non-hydrogen) atoms. The van der Waals surface area contributed by atoms with E-state index in [2.05, 4.69) is 0 Å². The highest BCUT2D eigenvalue weighted by Gasteiger charge is 2.46. The molecule has 0 N–H and O–H groups in total. The van der Waals surface area contributed by atoms with Crippen molar-refractivity contribution in [2.45, 2.75) is 0 Å². The van der Waals surface area contributed by atoms with Crippen LogP contribution in [0.2, 0.25) is 0 Å². The summed E-state index contributed by atoms with van der Waals surface area (Å²) in [7, 11) is 71.4. The zero-order chi connectivity index (χ0) is 18.5. The molecule has 0 bridgehead atoms. The predicted octanol–water partition coefficient (Wildman–Crippen LogP) is -8.76. The molecule has 0 saturated carbocycles. The van der Waals surface area contributed by atoms with Crippen molar-refractivity contribution in [3.8, 4) is 0 Å². The standard InChI is InChI=1S/B23/c1-13-19(12)22(18(10)11)23(20(14(2)3)15(4)5)21(16(6)7)17(8)9/q-1. The Morgan fingerprint density at radius 1 is 0.435 bits per heavy atom. The summed E-state index contributed by atoms with van der Waals surface area (Å²) in [6, 6.07) is 0. The van der Waals surface area contributed by atoms with Gasteiger partial charge in [-0.05, 0) is 149 Å². The fraction of sp³-hybridized carbons (Fsp3) is 0. The SMILES string of the molecule is [B]B([B])B(B([B])[B])B(B(B([B])[B])B([B])[B])B(B([B])[B])B([B])[B][B-]. The van der Waals surface area contributed by atoms with Gasteiger partial charge in [-0.2, -0.15) is 0 Å². The molecule has 0 aliphatic carbocycles. The van der Waals surface area contributed by atoms with E-state index in [4.69, 9.17) is 92.8 Å². The van der Waals surface area contributed by atoms with Gasteiger partial charge in [0.15, 0.2) is 0 Å². The summed E-state index contributed by atoms with van der Waals surface area (Å²) in [5.41, 5.74) is 0. The van der Waals surface area contributed by atoms with Gasteiger partial charge < -0.3 is 7.74 Å². The molecule has 23 heteroatoms. The summed E-state index contributed by atoms with van der Waals surface area (Å²) in [6.45, 7) is 0. The normalized spacial score (nSPS) is 9.26. The van der Waals surface area contributed by atoms with Crippen molar-refractivity contribution in [1.29, 1.82) is 0 Å². The average Bonchev–Trinajstić information content (AvgIpc) is 2.36. The van der Waals surface area contributed by atoms with Gasteiger partial charge in [0.2, 0.25) is 0 Å². The van der Waals surface area contributed by atoms with Gasteiger partial charge in [0.25, 0.3) is 0 Å². The number of hydrogen-bond acceptors (Lipinski definition) is 0. The third-order valence-corrected chi connectivity index (χ3v) is 4.22. The Kier molecular flexibility index (Phi) is 12.0. The van der Waals surface area contributed by atoms with Gasteiger partial charge >= 0.3 is 0 Å². The molecular formula is B23-. The van der Waals surface area contributed by atoms with E-state index in [0.717, 1.165) is 0 Å². The summed E-state index contributed by atoms with van der Waals surface area (Å²) in [6.07, 6.45) is -8.03. The van der Waals surface area contributed by atoms with Crippen LogP contribution < -0.4 is 0 Å². The minimum absolute atomic E-state index is 0.648. The summed E-state index contributed by atoms with van der Waals surface area (Å²) >= 11 is 0. The molecule has 0 fully saturated rings. The molecule has 0 nitrogen and oxygen atoms in total. The Balaban J connectivity index is 6.12. The maximum atomic E-state index is 6.03. The zero-order valence-electron chi connectivity index (χ0n) is 13.3. The molecule has 70 valence electrons. The van der Waals surface area contributed by atoms with Gasteiger partial charge in [0.1, 0.15) is 0 Å². The van der Waals surface area contributed by atoms with Crippen LogP contribution in [0.4, 0.5) is 0 Å². The van der Waals surface area contributed by atoms with E-state index in [9.17, 15) is 0 Å². The van der Waals surface area contributed by atoms with Crippen molar-refractivity contribution in [2.75, 3.05) is 0 Å². The van der Waals surface area contributed by atoms with Crippen LogP contribution in [0.5, 0.6) is 0 Å². The molecule has 0 rings (SSSR count). The Labute approximate surface area is 163 Å². The monoisotopic (exact) mass is 253 g/mol. The van der Waals surface area contributed by atoms with Gasteiger partial charge in [0, 0.05) is 0 Å². The maximum Gasteiger partial charge on any atom is -0.0000000000473 e. The Morgan fingerprint density at radius 2 is 0.696 bits per heavy atom. The molecule has 0 aliphatic heterocycles. The molecule has 0 atom stereocenters. The van der Waals surface area contributed by atoms with Gasteiger partial charge in [-0.1, -0.05) is 0 Å². The van der Waals surface area contributed by atoms with E-state index in [1.807, 2.05) is 0 Å². The van der Waals surface area contributed by atoms with E-state index < -0.39 is 63.9 Å². The molecule has 0 unspecified atom stereocenters. The van der Waals surface area contributed by atoms with Crippen molar-refractivity contribution in [3.63, 3.8) is 0 Å². The Bertz CT molecular complexity index is 261. The third kappa shape index (κ3) is 6.96. The third-order valence-electron chi connectivity index (χ3n) is 4.22. The van der Waals surface area contributed by atoms with Crippen molar-refractivity contribution in [1.82, 2.24) is 0 Å². The van der Waals surface area contributed by atoms with Gasteiger partial charge in [0.05, 0.1) is 0 Å². The Hall–Kier alpha value is 1.49. The first kappa shape index (κ1) is 24.5. The molecule has 0 aliphatic rings. The average molecular weight is 249 g/mol. The van der Waals surface area contributed by atoms with E-state index in [-0.39, 0.29) is 0 Å². The quantitative estimate of drug-likeness (QED) is 0.337. The van der Waals surface area contributed by atoms with Crippen LogP contribution in [0.3, 0.4) is 0 Å². The van der Waals surface area contributed by atoms with Crippen molar-refractivity contribution >= 4 is 164 Å².